The number of sulfonamides is 1. The topological polar surface area (TPSA) is 90.0 Å². The van der Waals surface area contributed by atoms with E-state index >= 15 is 0 Å². The monoisotopic (exact) mass is 393 g/mol. The fourth-order valence-electron chi connectivity index (χ4n) is 4.23. The number of hydrogen-bond donors (Lipinski definition) is 0. The number of allylic oxidation sites excluding steroid dienone is 1. The van der Waals surface area contributed by atoms with Crippen LogP contribution in [0.15, 0.2) is 42.0 Å². The Morgan fingerprint density at radius 2 is 1.70 bits per heavy atom. The average molecular weight is 393 g/mol. The van der Waals surface area contributed by atoms with E-state index in [2.05, 4.69) is 0 Å². The number of esters is 2. The molecule has 1 aliphatic heterocycles. The van der Waals surface area contributed by atoms with Crippen LogP contribution in [0, 0.1) is 11.8 Å². The highest BCUT2D eigenvalue weighted by Crippen LogP contribution is 2.49. The van der Waals surface area contributed by atoms with Crippen molar-refractivity contribution in [2.75, 3.05) is 20.5 Å². The zero-order valence-corrected chi connectivity index (χ0v) is 16.3. The maximum absolute atomic E-state index is 12.7. The summed E-state index contributed by atoms with van der Waals surface area (Å²) in [5.74, 6) is -2.87. The van der Waals surface area contributed by atoms with Crippen LogP contribution >= 0.6 is 0 Å². The summed E-state index contributed by atoms with van der Waals surface area (Å²) in [4.78, 5) is 24.8. The van der Waals surface area contributed by atoms with Gasteiger partial charge < -0.3 is 9.47 Å². The van der Waals surface area contributed by atoms with Crippen LogP contribution in [0.5, 0.6) is 0 Å². The van der Waals surface area contributed by atoms with E-state index < -0.39 is 45.9 Å². The van der Waals surface area contributed by atoms with E-state index in [1.165, 1.54) is 18.5 Å². The molecule has 0 spiro atoms. The van der Waals surface area contributed by atoms with Gasteiger partial charge in [-0.2, -0.15) is 4.31 Å². The molecule has 1 aromatic carbocycles. The van der Waals surface area contributed by atoms with Crippen LogP contribution in [-0.4, -0.2) is 51.2 Å². The van der Waals surface area contributed by atoms with Gasteiger partial charge in [-0.1, -0.05) is 42.0 Å². The van der Waals surface area contributed by atoms with Gasteiger partial charge in [0, 0.05) is 0 Å². The van der Waals surface area contributed by atoms with Crippen molar-refractivity contribution in [1.29, 1.82) is 0 Å². The van der Waals surface area contributed by atoms with Crippen LogP contribution in [0.2, 0.25) is 0 Å². The first kappa shape index (κ1) is 19.6. The van der Waals surface area contributed by atoms with Crippen LogP contribution in [-0.2, 0) is 29.1 Å². The van der Waals surface area contributed by atoms with Crippen molar-refractivity contribution in [3.05, 3.63) is 47.5 Å². The summed E-state index contributed by atoms with van der Waals surface area (Å²) in [6.45, 7) is 0. The van der Waals surface area contributed by atoms with Crippen molar-refractivity contribution >= 4 is 22.0 Å². The predicted molar refractivity (Wildman–Crippen MR) is 98.0 cm³/mol. The Bertz CT molecular complexity index is 863. The lowest BCUT2D eigenvalue weighted by atomic mass is 9.76. The Morgan fingerprint density at radius 3 is 2.26 bits per heavy atom. The average Bonchev–Trinajstić information content (AvgIpc) is 3.06. The van der Waals surface area contributed by atoms with Gasteiger partial charge in [0.1, 0.15) is 0 Å². The largest absolute Gasteiger partial charge is 0.469 e. The van der Waals surface area contributed by atoms with E-state index in [1.807, 2.05) is 36.4 Å². The Balaban J connectivity index is 2.12. The molecule has 0 unspecified atom stereocenters. The molecule has 0 N–H and O–H groups in total. The van der Waals surface area contributed by atoms with E-state index in [9.17, 15) is 18.0 Å². The molecule has 0 saturated carbocycles. The summed E-state index contributed by atoms with van der Waals surface area (Å²) in [6.07, 6.45) is 3.79. The summed E-state index contributed by atoms with van der Waals surface area (Å²) in [5, 5.41) is 0. The zero-order chi connectivity index (χ0) is 19.8. The maximum atomic E-state index is 12.7. The molecule has 0 bridgehead atoms. The molecule has 1 fully saturated rings. The second-order valence-corrected chi connectivity index (χ2v) is 8.75. The molecule has 3 rings (SSSR count). The summed E-state index contributed by atoms with van der Waals surface area (Å²) >= 11 is 0. The van der Waals surface area contributed by atoms with E-state index in [1.54, 1.807) is 0 Å². The molecule has 4 atom stereocenters. The molecule has 0 amide bonds. The van der Waals surface area contributed by atoms with Crippen molar-refractivity contribution in [2.24, 2.45) is 11.8 Å². The third-order valence-electron chi connectivity index (χ3n) is 5.34. The first-order valence-corrected chi connectivity index (χ1v) is 10.5. The number of rotatable bonds is 4. The summed E-state index contributed by atoms with van der Waals surface area (Å²) in [6, 6.07) is 8.11. The highest BCUT2D eigenvalue weighted by atomic mass is 32.2. The number of hydrogen-bond acceptors (Lipinski definition) is 6. The van der Waals surface area contributed by atoms with Crippen LogP contribution in [0.3, 0.4) is 0 Å². The molecule has 7 nitrogen and oxygen atoms in total. The zero-order valence-electron chi connectivity index (χ0n) is 15.5. The van der Waals surface area contributed by atoms with Crippen molar-refractivity contribution in [2.45, 2.75) is 24.9 Å². The van der Waals surface area contributed by atoms with Gasteiger partial charge in [-0.15, -0.1) is 0 Å². The number of carbonyl (C=O) groups is 2. The number of benzene rings is 1. The van der Waals surface area contributed by atoms with Gasteiger partial charge in [-0.3, -0.25) is 9.59 Å². The smallest absolute Gasteiger partial charge is 0.311 e. The lowest BCUT2D eigenvalue weighted by Crippen LogP contribution is -2.50. The van der Waals surface area contributed by atoms with Crippen LogP contribution in [0.25, 0.3) is 0 Å². The number of nitrogens with zero attached hydrogens (tertiary/aromatic N) is 1. The first-order valence-electron chi connectivity index (χ1n) is 8.67. The molecule has 0 radical (unpaired) electrons. The molecule has 146 valence electrons. The van der Waals surface area contributed by atoms with Gasteiger partial charge in [-0.25, -0.2) is 8.42 Å². The molecule has 1 aliphatic carbocycles. The normalized spacial score (nSPS) is 28.2. The van der Waals surface area contributed by atoms with Gasteiger partial charge in [0.15, 0.2) is 0 Å². The highest BCUT2D eigenvalue weighted by Gasteiger charge is 2.54. The quantitative estimate of drug-likeness (QED) is 0.571. The second kappa shape index (κ2) is 7.44. The van der Waals surface area contributed by atoms with E-state index in [0.29, 0.717) is 12.8 Å². The number of carbonyl (C=O) groups excluding carboxylic acids is 2. The van der Waals surface area contributed by atoms with Crippen molar-refractivity contribution in [3.8, 4) is 0 Å². The Hall–Kier alpha value is -2.19. The third-order valence-corrected chi connectivity index (χ3v) is 6.59. The molecule has 27 heavy (non-hydrogen) atoms. The summed E-state index contributed by atoms with van der Waals surface area (Å²) in [7, 11) is -1.17. The number of fused-ring (bicyclic) bond motifs is 1. The Labute approximate surface area is 159 Å². The van der Waals surface area contributed by atoms with Crippen LogP contribution < -0.4 is 0 Å². The van der Waals surface area contributed by atoms with E-state index in [0.717, 1.165) is 17.4 Å². The van der Waals surface area contributed by atoms with Crippen molar-refractivity contribution < 1.29 is 27.5 Å². The van der Waals surface area contributed by atoms with Gasteiger partial charge in [0.25, 0.3) is 0 Å². The Morgan fingerprint density at radius 1 is 1.07 bits per heavy atom. The maximum Gasteiger partial charge on any atom is 0.311 e. The summed E-state index contributed by atoms with van der Waals surface area (Å²) < 4.78 is 36.5. The summed E-state index contributed by atoms with van der Waals surface area (Å²) in [5.41, 5.74) is 1.68. The minimum absolute atomic E-state index is 0.317. The Kier molecular flexibility index (Phi) is 5.39. The molecule has 1 aromatic rings. The molecule has 1 saturated heterocycles. The van der Waals surface area contributed by atoms with Gasteiger partial charge in [0.2, 0.25) is 10.0 Å². The molecule has 1 heterocycles. The SMILES string of the molecule is COC(=O)[C@H]1[C@@H](C(=O)OC)CC=C2C[C@H](c3ccccc3)N(S(C)(=O)=O)[C@H]21. The van der Waals surface area contributed by atoms with Crippen molar-refractivity contribution in [1.82, 2.24) is 4.31 Å². The van der Waals surface area contributed by atoms with Gasteiger partial charge in [-0.05, 0) is 18.4 Å². The lowest BCUT2D eigenvalue weighted by Gasteiger charge is -2.37. The second-order valence-electron chi connectivity index (χ2n) is 6.86. The fourth-order valence-corrected chi connectivity index (χ4v) is 5.57. The van der Waals surface area contributed by atoms with Crippen molar-refractivity contribution in [3.63, 3.8) is 0 Å². The molecular formula is C19H23NO6S. The standard InChI is InChI=1S/C19H23NO6S/c1-25-18(21)14-10-9-13-11-15(12-7-5-4-6-8-12)20(27(3,23)24)17(13)16(14)19(22)26-2/h4-9,14-17H,10-11H2,1-3H3/t14-,15+,16-,17+/m0/s1. The number of ether oxygens (including phenoxy) is 2. The lowest BCUT2D eigenvalue weighted by molar-refractivity contribution is -0.159. The first-order chi connectivity index (χ1) is 12.8. The molecule has 8 heteroatoms. The number of methoxy groups -OCH3 is 2. The fraction of sp³-hybridized carbons (Fsp3) is 0.474. The van der Waals surface area contributed by atoms with E-state index in [-0.39, 0.29) is 0 Å². The minimum atomic E-state index is -3.67. The van der Waals surface area contributed by atoms with Crippen LogP contribution in [0.4, 0.5) is 0 Å². The molecule has 2 aliphatic rings. The molecular weight excluding hydrogens is 370 g/mol. The van der Waals surface area contributed by atoms with Crippen LogP contribution in [0.1, 0.15) is 24.4 Å². The molecule has 0 aromatic heterocycles. The predicted octanol–water partition coefficient (Wildman–Crippen LogP) is 1.67. The highest BCUT2D eigenvalue weighted by molar-refractivity contribution is 7.88. The van der Waals surface area contributed by atoms with E-state index in [4.69, 9.17) is 9.47 Å². The van der Waals surface area contributed by atoms with Gasteiger partial charge in [0.05, 0.1) is 44.4 Å². The van der Waals surface area contributed by atoms with Gasteiger partial charge >= 0.3 is 11.9 Å². The minimum Gasteiger partial charge on any atom is -0.469 e. The third kappa shape index (κ3) is 3.51.